The first kappa shape index (κ1) is 30.6. The molecule has 37 heavy (non-hydrogen) atoms. The first-order valence-corrected chi connectivity index (χ1v) is 13.6. The summed E-state index contributed by atoms with van der Waals surface area (Å²) in [4.78, 5) is 43.6. The predicted molar refractivity (Wildman–Crippen MR) is 148 cm³/mol. The molecule has 1 aliphatic heterocycles. The number of hydrogen-bond acceptors (Lipinski definition) is 5. The van der Waals surface area contributed by atoms with Crippen LogP contribution in [-0.4, -0.2) is 65.9 Å². The van der Waals surface area contributed by atoms with Crippen LogP contribution in [0.1, 0.15) is 73.3 Å². The van der Waals surface area contributed by atoms with Crippen molar-refractivity contribution in [2.45, 2.75) is 92.4 Å². The van der Waals surface area contributed by atoms with Gasteiger partial charge in [0.2, 0.25) is 11.8 Å². The first-order valence-electron chi connectivity index (χ1n) is 13.6. The Hall–Kier alpha value is -2.67. The van der Waals surface area contributed by atoms with Gasteiger partial charge < -0.3 is 15.0 Å². The number of nitrogens with one attached hydrogen (secondary N) is 1. The Kier molecular flexibility index (Phi) is 11.4. The predicted octanol–water partition coefficient (Wildman–Crippen LogP) is 4.56. The van der Waals surface area contributed by atoms with Crippen molar-refractivity contribution in [3.8, 4) is 0 Å². The van der Waals surface area contributed by atoms with Crippen molar-refractivity contribution in [3.63, 3.8) is 0 Å². The molecule has 2 amide bonds. The highest BCUT2D eigenvalue weighted by Gasteiger charge is 2.39. The van der Waals surface area contributed by atoms with E-state index in [1.54, 1.807) is 31.9 Å². The minimum atomic E-state index is -0.706. The summed E-state index contributed by atoms with van der Waals surface area (Å²) in [6.07, 6.45) is 4.62. The molecule has 1 aliphatic rings. The Labute approximate surface area is 223 Å². The van der Waals surface area contributed by atoms with Crippen LogP contribution in [0, 0.1) is 11.3 Å². The van der Waals surface area contributed by atoms with Crippen molar-refractivity contribution in [1.29, 1.82) is 0 Å². The smallest absolute Gasteiger partial charge is 0.333 e. The quantitative estimate of drug-likeness (QED) is 0.366. The van der Waals surface area contributed by atoms with Crippen molar-refractivity contribution >= 4 is 17.8 Å². The Morgan fingerprint density at radius 2 is 1.81 bits per heavy atom. The lowest BCUT2D eigenvalue weighted by Crippen LogP contribution is -2.60. The summed E-state index contributed by atoms with van der Waals surface area (Å²) in [5.41, 5.74) is 1.14. The molecular weight excluding hydrogens is 466 g/mol. The summed E-state index contributed by atoms with van der Waals surface area (Å²) in [5, 5.41) is 3.13. The number of hydrogen-bond donors (Lipinski definition) is 1. The van der Waals surface area contributed by atoms with Crippen LogP contribution in [0.2, 0.25) is 0 Å². The van der Waals surface area contributed by atoms with Crippen LogP contribution in [0.4, 0.5) is 0 Å². The van der Waals surface area contributed by atoms with Crippen molar-refractivity contribution in [1.82, 2.24) is 15.1 Å². The lowest BCUT2D eigenvalue weighted by atomic mass is 9.84. The Bertz CT molecular complexity index is 936. The molecule has 0 aromatic heterocycles. The number of piperidine rings is 1. The Morgan fingerprint density at radius 1 is 1.16 bits per heavy atom. The monoisotopic (exact) mass is 513 g/mol. The average Bonchev–Trinajstić information content (AvgIpc) is 2.85. The topological polar surface area (TPSA) is 79.0 Å². The van der Waals surface area contributed by atoms with E-state index >= 15 is 0 Å². The fourth-order valence-electron chi connectivity index (χ4n) is 4.85. The van der Waals surface area contributed by atoms with Crippen LogP contribution in [0.3, 0.4) is 0 Å². The number of rotatable bonds is 10. The summed E-state index contributed by atoms with van der Waals surface area (Å²) in [7, 11) is 1.75. The fraction of sp³-hybridized carbons (Fsp3) is 0.633. The molecule has 0 bridgehead atoms. The van der Waals surface area contributed by atoms with Crippen LogP contribution in [0.25, 0.3) is 0 Å². The molecule has 1 aromatic rings. The lowest BCUT2D eigenvalue weighted by molar-refractivity contribution is -0.142. The van der Waals surface area contributed by atoms with E-state index in [1.165, 1.54) is 5.56 Å². The van der Waals surface area contributed by atoms with Crippen LogP contribution in [0.15, 0.2) is 42.0 Å². The number of carbonyl (C=O) groups excluding carboxylic acids is 3. The molecule has 0 spiro atoms. The zero-order valence-corrected chi connectivity index (χ0v) is 24.0. The molecule has 7 nitrogen and oxygen atoms in total. The summed E-state index contributed by atoms with van der Waals surface area (Å²) >= 11 is 0. The molecule has 3 atom stereocenters. The normalized spacial score (nSPS) is 18.7. The minimum absolute atomic E-state index is 0.0642. The standard InChI is InChI=1S/C30H47N3O4/c1-9-37-29(36)22(4)19-25(21(2)3)32(8)28(35)26(30(5,6)7)31-27(34)24-17-13-14-18-33(24)20-23-15-11-10-12-16-23/h10-12,15-16,19,21,24-26H,9,13-14,17-18,20H2,1-8H3,(H,31,34)/t24?,25-,26-/m1/s1. The van der Waals surface area contributed by atoms with Crippen LogP contribution in [0.5, 0.6) is 0 Å². The molecule has 1 aromatic carbocycles. The molecule has 2 rings (SSSR count). The van der Waals surface area contributed by atoms with E-state index in [4.69, 9.17) is 4.74 Å². The summed E-state index contributed by atoms with van der Waals surface area (Å²) < 4.78 is 5.13. The van der Waals surface area contributed by atoms with Gasteiger partial charge in [-0.1, -0.05) is 77.4 Å². The van der Waals surface area contributed by atoms with Gasteiger partial charge in [0.15, 0.2) is 0 Å². The van der Waals surface area contributed by atoms with Gasteiger partial charge in [-0.3, -0.25) is 14.5 Å². The molecule has 1 N–H and O–H groups in total. The van der Waals surface area contributed by atoms with E-state index in [0.29, 0.717) is 18.7 Å². The number of likely N-dealkylation sites (N-methyl/N-ethyl adjacent to an activating group) is 1. The van der Waals surface area contributed by atoms with Gasteiger partial charge in [0.25, 0.3) is 0 Å². The molecule has 1 unspecified atom stereocenters. The number of carbonyl (C=O) groups is 3. The third-order valence-corrected chi connectivity index (χ3v) is 7.04. The second-order valence-electron chi connectivity index (χ2n) is 11.5. The second kappa shape index (κ2) is 13.8. The Balaban J connectivity index is 2.24. The maximum Gasteiger partial charge on any atom is 0.333 e. The zero-order valence-electron chi connectivity index (χ0n) is 24.0. The van der Waals surface area contributed by atoms with Crippen LogP contribution < -0.4 is 5.32 Å². The van der Waals surface area contributed by atoms with Gasteiger partial charge in [0.05, 0.1) is 18.7 Å². The van der Waals surface area contributed by atoms with E-state index < -0.39 is 11.5 Å². The van der Waals surface area contributed by atoms with Crippen molar-refractivity contribution < 1.29 is 19.1 Å². The van der Waals surface area contributed by atoms with Crippen molar-refractivity contribution in [2.75, 3.05) is 20.2 Å². The van der Waals surface area contributed by atoms with Crippen molar-refractivity contribution in [3.05, 3.63) is 47.5 Å². The maximum absolute atomic E-state index is 13.9. The molecular formula is C30H47N3O4. The van der Waals surface area contributed by atoms with E-state index in [-0.39, 0.29) is 35.8 Å². The summed E-state index contributed by atoms with van der Waals surface area (Å²) in [6.45, 7) is 15.3. The third kappa shape index (κ3) is 8.70. The third-order valence-electron chi connectivity index (χ3n) is 7.04. The molecule has 1 fully saturated rings. The van der Waals surface area contributed by atoms with Gasteiger partial charge in [0.1, 0.15) is 6.04 Å². The molecule has 1 saturated heterocycles. The van der Waals surface area contributed by atoms with Gasteiger partial charge in [-0.2, -0.15) is 0 Å². The van der Waals surface area contributed by atoms with Gasteiger partial charge in [-0.15, -0.1) is 0 Å². The first-order chi connectivity index (χ1) is 17.4. The van der Waals surface area contributed by atoms with E-state index in [9.17, 15) is 14.4 Å². The highest BCUT2D eigenvalue weighted by Crippen LogP contribution is 2.26. The van der Waals surface area contributed by atoms with E-state index in [1.807, 2.05) is 52.8 Å². The molecule has 0 radical (unpaired) electrons. The van der Waals surface area contributed by atoms with Crippen molar-refractivity contribution in [2.24, 2.45) is 11.3 Å². The molecule has 0 aliphatic carbocycles. The van der Waals surface area contributed by atoms with Crippen LogP contribution in [-0.2, 0) is 25.7 Å². The highest BCUT2D eigenvalue weighted by atomic mass is 16.5. The number of esters is 1. The highest BCUT2D eigenvalue weighted by molar-refractivity contribution is 5.91. The lowest BCUT2D eigenvalue weighted by Gasteiger charge is -2.40. The number of amides is 2. The number of benzene rings is 1. The fourth-order valence-corrected chi connectivity index (χ4v) is 4.85. The number of ether oxygens (including phenoxy) is 1. The Morgan fingerprint density at radius 3 is 2.38 bits per heavy atom. The van der Waals surface area contributed by atoms with E-state index in [0.717, 1.165) is 25.8 Å². The van der Waals surface area contributed by atoms with E-state index in [2.05, 4.69) is 22.3 Å². The molecule has 7 heteroatoms. The summed E-state index contributed by atoms with van der Waals surface area (Å²) in [5.74, 6) is -0.589. The number of likely N-dealkylation sites (tertiary alicyclic amines) is 1. The van der Waals surface area contributed by atoms with Gasteiger partial charge in [-0.25, -0.2) is 4.79 Å². The SMILES string of the molecule is CCOC(=O)C(C)=C[C@H](C(C)C)N(C)C(=O)[C@@H](NC(=O)C1CCCCN1Cc1ccccc1)C(C)(C)C. The molecule has 206 valence electrons. The molecule has 1 heterocycles. The zero-order chi connectivity index (χ0) is 27.8. The minimum Gasteiger partial charge on any atom is -0.463 e. The molecule has 0 saturated carbocycles. The van der Waals surface area contributed by atoms with Crippen LogP contribution >= 0.6 is 0 Å². The van der Waals surface area contributed by atoms with Gasteiger partial charge >= 0.3 is 5.97 Å². The second-order valence-corrected chi connectivity index (χ2v) is 11.5. The van der Waals surface area contributed by atoms with Gasteiger partial charge in [-0.05, 0) is 50.1 Å². The largest absolute Gasteiger partial charge is 0.463 e. The van der Waals surface area contributed by atoms with Gasteiger partial charge in [0, 0.05) is 19.2 Å². The number of nitrogens with zero attached hydrogens (tertiary/aromatic N) is 2. The average molecular weight is 514 g/mol. The maximum atomic E-state index is 13.9. The summed E-state index contributed by atoms with van der Waals surface area (Å²) in [6, 6.07) is 8.89.